The van der Waals surface area contributed by atoms with Crippen molar-refractivity contribution >= 4 is 48.3 Å². The largest absolute Gasteiger partial charge is 0.467 e. The van der Waals surface area contributed by atoms with Crippen LogP contribution in [0, 0.1) is 0 Å². The van der Waals surface area contributed by atoms with Crippen molar-refractivity contribution in [3.63, 3.8) is 0 Å². The van der Waals surface area contributed by atoms with Gasteiger partial charge in [0, 0.05) is 25.3 Å². The lowest BCUT2D eigenvalue weighted by molar-refractivity contribution is -0.160. The van der Waals surface area contributed by atoms with Crippen LogP contribution in [0.4, 0.5) is 19.2 Å². The van der Waals surface area contributed by atoms with E-state index in [-0.39, 0.29) is 44.1 Å². The lowest BCUT2D eigenvalue weighted by Crippen LogP contribution is -2.47. The first kappa shape index (κ1) is 68.5. The monoisotopic (exact) mass is 1140 g/mol. The number of hydrogen-bond acceptors (Lipinski definition) is 18. The van der Waals surface area contributed by atoms with Crippen LogP contribution in [0.3, 0.4) is 0 Å². The molecule has 0 aromatic heterocycles. The third-order valence-electron chi connectivity index (χ3n) is 12.0. The summed E-state index contributed by atoms with van der Waals surface area (Å²) >= 11 is 0. The van der Waals surface area contributed by atoms with Crippen LogP contribution < -0.4 is 10.6 Å². The van der Waals surface area contributed by atoms with E-state index in [0.717, 1.165) is 45.1 Å². The Labute approximate surface area is 478 Å². The van der Waals surface area contributed by atoms with E-state index in [2.05, 4.69) is 10.6 Å². The minimum atomic E-state index is -1.14. The van der Waals surface area contributed by atoms with Gasteiger partial charge in [0.25, 0.3) is 0 Å². The molecule has 3 aliphatic heterocycles. The number of imide groups is 1. The van der Waals surface area contributed by atoms with Crippen molar-refractivity contribution in [1.82, 2.24) is 20.4 Å². The molecule has 3 heterocycles. The molecule has 21 heteroatoms. The quantitative estimate of drug-likeness (QED) is 0.0849. The number of alkyl carbamates (subject to hydrolysis) is 1. The molecule has 5 rings (SSSR count). The number of carbonyl (C=O) groups is 8. The van der Waals surface area contributed by atoms with E-state index < -0.39 is 88.5 Å². The average Bonchev–Trinajstić information content (AvgIpc) is 4.31. The first-order valence-corrected chi connectivity index (χ1v) is 27.8. The molecule has 0 spiro atoms. The number of nitrogens with one attached hydrogen (secondary N) is 2. The summed E-state index contributed by atoms with van der Waals surface area (Å²) in [5.74, 6) is -2.26. The molecular weight excluding hydrogens is 1050 g/mol. The van der Waals surface area contributed by atoms with Crippen molar-refractivity contribution in [1.29, 1.82) is 0 Å². The van der Waals surface area contributed by atoms with Gasteiger partial charge in [-0.3, -0.25) is 9.69 Å². The van der Waals surface area contributed by atoms with E-state index in [9.17, 15) is 38.4 Å². The predicted molar refractivity (Wildman–Crippen MR) is 300 cm³/mol. The molecule has 5 atom stereocenters. The molecule has 2 N–H and O–H groups in total. The van der Waals surface area contributed by atoms with Crippen molar-refractivity contribution in [3.05, 3.63) is 83.6 Å². The van der Waals surface area contributed by atoms with Gasteiger partial charge < -0.3 is 53.3 Å². The molecule has 0 aliphatic carbocycles. The molecule has 4 amide bonds. The molecule has 0 bridgehead atoms. The standard InChI is InChI=1S/C36H46N2O10.C20H36N2O6.C4H8O/c1-35(2,3)47-31(40)29-22-21-27(37(29)32(41)45-23-25-15-10-8-11-16-25)19-14-20-28(30(39)44-7)38(34(43)48-36(4,5)6)33(42)46-24-26-17-12-9-13-18-26;1-19(2,3)27-17(24)15-12-11-13(21-15)9-8-10-14(16(23)26-7)22-18(25)28-20(4,5)6;1-2-4-5-3-1/h8-13,15-18,20,27,29H,14,19,21-24H2,1-7H3;13-15,21H,8-12H2,1-7H3,(H,22,25);1-4H2/b28-20+;;/t27-,29-;13-,14?,15-;/m00./s1. The highest BCUT2D eigenvalue weighted by atomic mass is 16.6. The van der Waals surface area contributed by atoms with Crippen LogP contribution in [0.5, 0.6) is 0 Å². The second-order valence-corrected chi connectivity index (χ2v) is 23.7. The molecular formula is C60H90N4O17. The zero-order valence-electron chi connectivity index (χ0n) is 50.2. The van der Waals surface area contributed by atoms with Crippen LogP contribution in [0.2, 0.25) is 0 Å². The lowest BCUT2D eigenvalue weighted by Gasteiger charge is -2.30. The van der Waals surface area contributed by atoms with Crippen molar-refractivity contribution in [2.24, 2.45) is 0 Å². The maximum absolute atomic E-state index is 13.4. The Morgan fingerprint density at radius 3 is 1.70 bits per heavy atom. The van der Waals surface area contributed by atoms with Gasteiger partial charge >= 0.3 is 48.3 Å². The summed E-state index contributed by atoms with van der Waals surface area (Å²) in [6, 6.07) is 15.7. The molecule has 2 aromatic carbocycles. The fourth-order valence-electron chi connectivity index (χ4n) is 8.51. The molecule has 2 aromatic rings. The maximum atomic E-state index is 13.4. The number of rotatable bonds is 17. The molecule has 1 unspecified atom stereocenters. The van der Waals surface area contributed by atoms with Gasteiger partial charge in [0.2, 0.25) is 0 Å². The van der Waals surface area contributed by atoms with Gasteiger partial charge in [-0.25, -0.2) is 33.6 Å². The van der Waals surface area contributed by atoms with Crippen LogP contribution >= 0.6 is 0 Å². The van der Waals surface area contributed by atoms with Gasteiger partial charge in [-0.05, 0) is 165 Å². The summed E-state index contributed by atoms with van der Waals surface area (Å²) in [7, 11) is 2.40. The molecule has 452 valence electrons. The molecule has 0 radical (unpaired) electrons. The molecule has 0 saturated carbocycles. The van der Waals surface area contributed by atoms with Crippen molar-refractivity contribution in [2.75, 3.05) is 27.4 Å². The molecule has 3 aliphatic rings. The fourth-order valence-corrected chi connectivity index (χ4v) is 8.51. The normalized spacial score (nSPS) is 18.5. The van der Waals surface area contributed by atoms with Crippen LogP contribution in [0.15, 0.2) is 72.4 Å². The zero-order chi connectivity index (χ0) is 60.6. The number of nitrogens with zero attached hydrogens (tertiary/aromatic N) is 2. The van der Waals surface area contributed by atoms with Gasteiger partial charge in [-0.2, -0.15) is 4.90 Å². The van der Waals surface area contributed by atoms with Gasteiger partial charge in [-0.15, -0.1) is 0 Å². The second kappa shape index (κ2) is 32.6. The number of ether oxygens (including phenoxy) is 9. The number of amides is 4. The summed E-state index contributed by atoms with van der Waals surface area (Å²) < 4.78 is 47.3. The number of likely N-dealkylation sites (tertiary alicyclic amines) is 1. The van der Waals surface area contributed by atoms with Crippen LogP contribution in [-0.2, 0) is 75.0 Å². The van der Waals surface area contributed by atoms with Crippen LogP contribution in [0.1, 0.15) is 165 Å². The van der Waals surface area contributed by atoms with E-state index in [0.29, 0.717) is 36.1 Å². The Hall–Kier alpha value is -6.74. The lowest BCUT2D eigenvalue weighted by atomic mass is 10.0. The SMILES string of the molecule is C1CCOC1.COC(=O)/C(=C\CC[C@H]1CC[C@@H](C(=O)OC(C)(C)C)N1C(=O)OCc1ccccc1)N(C(=O)OCc1ccccc1)C(=O)OC(C)(C)C.COC(=O)C(CCC[C@H]1CC[C@@H](C(=O)OC(C)(C)C)N1)NC(=O)OC(C)(C)C. The fraction of sp³-hybridized carbons (Fsp3) is 0.633. The number of benzene rings is 2. The first-order chi connectivity index (χ1) is 37.9. The number of hydrogen-bond donors (Lipinski definition) is 2. The zero-order valence-corrected chi connectivity index (χ0v) is 50.2. The van der Waals surface area contributed by atoms with Crippen LogP contribution in [0.25, 0.3) is 0 Å². The van der Waals surface area contributed by atoms with Crippen LogP contribution in [-0.4, -0.2) is 138 Å². The Morgan fingerprint density at radius 1 is 0.654 bits per heavy atom. The highest BCUT2D eigenvalue weighted by molar-refractivity contribution is 6.01. The molecule has 3 fully saturated rings. The third-order valence-corrected chi connectivity index (χ3v) is 12.0. The van der Waals surface area contributed by atoms with Gasteiger partial charge in [0.05, 0.1) is 14.2 Å². The highest BCUT2D eigenvalue weighted by Gasteiger charge is 2.44. The van der Waals surface area contributed by atoms with E-state index in [4.69, 9.17) is 42.6 Å². The number of esters is 4. The third kappa shape index (κ3) is 26.6. The predicted octanol–water partition coefficient (Wildman–Crippen LogP) is 10.4. The van der Waals surface area contributed by atoms with Crippen molar-refractivity contribution < 1.29 is 81.0 Å². The Morgan fingerprint density at radius 2 is 1.20 bits per heavy atom. The summed E-state index contributed by atoms with van der Waals surface area (Å²) in [4.78, 5) is 104. The van der Waals surface area contributed by atoms with Crippen molar-refractivity contribution in [3.8, 4) is 0 Å². The number of allylic oxidation sites excluding steroid dienone is 1. The maximum Gasteiger partial charge on any atom is 0.424 e. The summed E-state index contributed by atoms with van der Waals surface area (Å²) in [6.45, 7) is 22.7. The molecule has 81 heavy (non-hydrogen) atoms. The minimum absolute atomic E-state index is 0.00622. The number of methoxy groups -OCH3 is 2. The second-order valence-electron chi connectivity index (χ2n) is 23.7. The van der Waals surface area contributed by atoms with Gasteiger partial charge in [0.1, 0.15) is 59.4 Å². The summed E-state index contributed by atoms with van der Waals surface area (Å²) in [6.07, 6.45) is 4.95. The Bertz CT molecular complexity index is 2360. The minimum Gasteiger partial charge on any atom is -0.467 e. The van der Waals surface area contributed by atoms with Crippen molar-refractivity contribution in [2.45, 2.75) is 220 Å². The van der Waals surface area contributed by atoms with Gasteiger partial charge in [-0.1, -0.05) is 66.7 Å². The topological polar surface area (TPSA) is 250 Å². The van der Waals surface area contributed by atoms with E-state index >= 15 is 0 Å². The molecule has 21 nitrogen and oxygen atoms in total. The van der Waals surface area contributed by atoms with Gasteiger partial charge in [0.15, 0.2) is 0 Å². The Kier molecular flexibility index (Phi) is 27.6. The van der Waals surface area contributed by atoms with E-state index in [1.807, 2.05) is 51.1 Å². The average molecular weight is 1140 g/mol. The molecule has 3 saturated heterocycles. The highest BCUT2D eigenvalue weighted by Crippen LogP contribution is 2.31. The number of carbonyl (C=O) groups excluding carboxylic acids is 8. The summed E-state index contributed by atoms with van der Waals surface area (Å²) in [5.41, 5.74) is -1.89. The Balaban J connectivity index is 0.000000438. The first-order valence-electron chi connectivity index (χ1n) is 27.8. The smallest absolute Gasteiger partial charge is 0.424 e. The van der Waals surface area contributed by atoms with E-state index in [1.54, 1.807) is 92.6 Å². The van der Waals surface area contributed by atoms with E-state index in [1.165, 1.54) is 30.9 Å². The summed E-state index contributed by atoms with van der Waals surface area (Å²) in [5, 5.41) is 5.87.